The quantitative estimate of drug-likeness (QED) is 0.749. The van der Waals surface area contributed by atoms with Gasteiger partial charge in [-0.2, -0.15) is 0 Å². The van der Waals surface area contributed by atoms with Crippen LogP contribution in [0, 0.1) is 0 Å². The summed E-state index contributed by atoms with van der Waals surface area (Å²) in [5, 5.41) is 2.81. The highest BCUT2D eigenvalue weighted by atomic mass is 32.2. The van der Waals surface area contributed by atoms with E-state index in [1.807, 2.05) is 29.2 Å². The number of amides is 2. The Hall–Kier alpha value is -2.71. The van der Waals surface area contributed by atoms with Crippen molar-refractivity contribution in [2.75, 3.05) is 20.6 Å². The lowest BCUT2D eigenvalue weighted by atomic mass is 10.1. The highest BCUT2D eigenvalue weighted by Gasteiger charge is 2.20. The van der Waals surface area contributed by atoms with Gasteiger partial charge in [-0.3, -0.25) is 9.59 Å². The van der Waals surface area contributed by atoms with E-state index in [2.05, 4.69) is 5.32 Å². The lowest BCUT2D eigenvalue weighted by molar-refractivity contribution is -0.128. The topological polar surface area (TPSA) is 86.8 Å². The molecule has 1 aliphatic rings. The molecule has 1 saturated heterocycles. The molecule has 29 heavy (non-hydrogen) atoms. The van der Waals surface area contributed by atoms with Gasteiger partial charge in [0.1, 0.15) is 0 Å². The molecule has 1 fully saturated rings. The summed E-state index contributed by atoms with van der Waals surface area (Å²) in [7, 11) is -0.694. The van der Waals surface area contributed by atoms with Crippen molar-refractivity contribution in [2.45, 2.75) is 30.8 Å². The lowest BCUT2D eigenvalue weighted by Crippen LogP contribution is -2.25. The zero-order valence-electron chi connectivity index (χ0n) is 16.6. The smallest absolute Gasteiger partial charge is 0.251 e. The summed E-state index contributed by atoms with van der Waals surface area (Å²) in [5.74, 6) is -0.146. The average Bonchev–Trinajstić information content (AvgIpc) is 3.11. The molecular formula is C21H25N3O4S. The second-order valence-corrected chi connectivity index (χ2v) is 9.39. The molecule has 0 aliphatic carbocycles. The van der Waals surface area contributed by atoms with E-state index in [0.717, 1.165) is 28.4 Å². The first-order chi connectivity index (χ1) is 13.8. The van der Waals surface area contributed by atoms with E-state index in [-0.39, 0.29) is 22.3 Å². The molecule has 0 radical (unpaired) electrons. The molecule has 8 heteroatoms. The van der Waals surface area contributed by atoms with Crippen molar-refractivity contribution in [3.05, 3.63) is 65.2 Å². The van der Waals surface area contributed by atoms with Crippen molar-refractivity contribution in [1.82, 2.24) is 14.5 Å². The van der Waals surface area contributed by atoms with Crippen LogP contribution in [0.15, 0.2) is 53.4 Å². The van der Waals surface area contributed by atoms with Crippen LogP contribution in [0.5, 0.6) is 0 Å². The Labute approximate surface area is 171 Å². The number of benzene rings is 2. The lowest BCUT2D eigenvalue weighted by Gasteiger charge is -2.15. The zero-order valence-corrected chi connectivity index (χ0v) is 17.4. The molecular weight excluding hydrogens is 390 g/mol. The Bertz CT molecular complexity index is 1000. The van der Waals surface area contributed by atoms with Crippen LogP contribution in [0.1, 0.15) is 34.3 Å². The van der Waals surface area contributed by atoms with Gasteiger partial charge in [-0.05, 0) is 35.7 Å². The molecule has 7 nitrogen and oxygen atoms in total. The fraction of sp³-hybridized carbons (Fsp3) is 0.333. The number of nitrogens with one attached hydrogen (secondary N) is 1. The van der Waals surface area contributed by atoms with E-state index in [0.29, 0.717) is 19.5 Å². The molecule has 3 rings (SSSR count). The molecule has 1 heterocycles. The molecule has 2 aromatic rings. The standard InChI is InChI=1S/C21H25N3O4S/c1-23(2)29(27,28)19-6-3-5-18(13-19)21(26)22-14-16-8-10-17(11-9-16)15-24-12-4-7-20(24)25/h3,5-6,8-11,13H,4,7,12,14-15H2,1-2H3,(H,22,26). The fourth-order valence-electron chi connectivity index (χ4n) is 3.15. The van der Waals surface area contributed by atoms with E-state index in [1.165, 1.54) is 26.2 Å². The highest BCUT2D eigenvalue weighted by Crippen LogP contribution is 2.16. The molecule has 2 aromatic carbocycles. The highest BCUT2D eigenvalue weighted by molar-refractivity contribution is 7.89. The molecule has 0 aromatic heterocycles. The maximum atomic E-state index is 12.4. The predicted molar refractivity (Wildman–Crippen MR) is 110 cm³/mol. The second-order valence-electron chi connectivity index (χ2n) is 7.23. The molecule has 0 saturated carbocycles. The summed E-state index contributed by atoms with van der Waals surface area (Å²) in [5.41, 5.74) is 2.26. The van der Waals surface area contributed by atoms with Crippen molar-refractivity contribution >= 4 is 21.8 Å². The van der Waals surface area contributed by atoms with Crippen LogP contribution < -0.4 is 5.32 Å². The Morgan fingerprint density at radius 2 is 1.79 bits per heavy atom. The van der Waals surface area contributed by atoms with Crippen LogP contribution in [-0.4, -0.2) is 50.1 Å². The van der Waals surface area contributed by atoms with Crippen molar-refractivity contribution < 1.29 is 18.0 Å². The SMILES string of the molecule is CN(C)S(=O)(=O)c1cccc(C(=O)NCc2ccc(CN3CCCC3=O)cc2)c1. The fourth-order valence-corrected chi connectivity index (χ4v) is 4.10. The number of rotatable bonds is 7. The van der Waals surface area contributed by atoms with Crippen molar-refractivity contribution in [3.63, 3.8) is 0 Å². The summed E-state index contributed by atoms with van der Waals surface area (Å²) >= 11 is 0. The van der Waals surface area contributed by atoms with E-state index >= 15 is 0 Å². The normalized spacial score (nSPS) is 14.4. The molecule has 0 bridgehead atoms. The van der Waals surface area contributed by atoms with Crippen LogP contribution in [0.3, 0.4) is 0 Å². The third-order valence-electron chi connectivity index (χ3n) is 4.90. The van der Waals surface area contributed by atoms with Crippen LogP contribution >= 0.6 is 0 Å². The van der Waals surface area contributed by atoms with E-state index in [9.17, 15) is 18.0 Å². The van der Waals surface area contributed by atoms with Gasteiger partial charge in [0.2, 0.25) is 15.9 Å². The van der Waals surface area contributed by atoms with Crippen LogP contribution in [0.4, 0.5) is 0 Å². The minimum atomic E-state index is -3.59. The summed E-state index contributed by atoms with van der Waals surface area (Å²) < 4.78 is 25.6. The molecule has 0 unspecified atom stereocenters. The number of carbonyl (C=O) groups is 2. The third-order valence-corrected chi connectivity index (χ3v) is 6.71. The number of nitrogens with zero attached hydrogens (tertiary/aromatic N) is 2. The first kappa shape index (κ1) is 21.0. The summed E-state index contributed by atoms with van der Waals surface area (Å²) in [6.07, 6.45) is 1.54. The molecule has 154 valence electrons. The molecule has 0 atom stereocenters. The summed E-state index contributed by atoms with van der Waals surface area (Å²) in [6.45, 7) is 1.74. The number of hydrogen-bond donors (Lipinski definition) is 1. The van der Waals surface area contributed by atoms with Crippen molar-refractivity contribution in [3.8, 4) is 0 Å². The number of likely N-dealkylation sites (tertiary alicyclic amines) is 1. The minimum absolute atomic E-state index is 0.0796. The van der Waals surface area contributed by atoms with E-state index < -0.39 is 10.0 Å². The van der Waals surface area contributed by atoms with Gasteiger partial charge in [-0.15, -0.1) is 0 Å². The molecule has 1 N–H and O–H groups in total. The Morgan fingerprint density at radius 1 is 1.10 bits per heavy atom. The number of sulfonamides is 1. The van der Waals surface area contributed by atoms with Gasteiger partial charge < -0.3 is 10.2 Å². The first-order valence-electron chi connectivity index (χ1n) is 9.44. The number of carbonyl (C=O) groups excluding carboxylic acids is 2. The second kappa shape index (κ2) is 8.75. The van der Waals surface area contributed by atoms with Gasteiger partial charge in [0.05, 0.1) is 4.90 Å². The Balaban J connectivity index is 1.60. The summed E-state index contributed by atoms with van der Waals surface area (Å²) in [6, 6.07) is 13.7. The van der Waals surface area contributed by atoms with Crippen LogP contribution in [-0.2, 0) is 27.9 Å². The van der Waals surface area contributed by atoms with Crippen LogP contribution in [0.2, 0.25) is 0 Å². The van der Waals surface area contributed by atoms with E-state index in [1.54, 1.807) is 12.1 Å². The predicted octanol–water partition coefficient (Wildman–Crippen LogP) is 1.99. The minimum Gasteiger partial charge on any atom is -0.348 e. The average molecular weight is 416 g/mol. The first-order valence-corrected chi connectivity index (χ1v) is 10.9. The molecule has 1 aliphatic heterocycles. The maximum absolute atomic E-state index is 12.4. The van der Waals surface area contributed by atoms with E-state index in [4.69, 9.17) is 0 Å². The Kier molecular flexibility index (Phi) is 6.34. The van der Waals surface area contributed by atoms with Gasteiger partial charge >= 0.3 is 0 Å². The van der Waals surface area contributed by atoms with Gasteiger partial charge in [0.15, 0.2) is 0 Å². The molecule has 2 amide bonds. The Morgan fingerprint density at radius 3 is 2.41 bits per heavy atom. The van der Waals surface area contributed by atoms with Gasteiger partial charge in [0, 0.05) is 45.7 Å². The third kappa shape index (κ3) is 5.02. The van der Waals surface area contributed by atoms with Crippen molar-refractivity contribution in [1.29, 1.82) is 0 Å². The largest absolute Gasteiger partial charge is 0.348 e. The van der Waals surface area contributed by atoms with Crippen LogP contribution in [0.25, 0.3) is 0 Å². The maximum Gasteiger partial charge on any atom is 0.251 e. The van der Waals surface area contributed by atoms with Gasteiger partial charge in [-0.25, -0.2) is 12.7 Å². The zero-order chi connectivity index (χ0) is 21.0. The number of hydrogen-bond acceptors (Lipinski definition) is 4. The van der Waals surface area contributed by atoms with Crippen molar-refractivity contribution in [2.24, 2.45) is 0 Å². The van der Waals surface area contributed by atoms with Gasteiger partial charge in [-0.1, -0.05) is 30.3 Å². The summed E-state index contributed by atoms with van der Waals surface area (Å²) in [4.78, 5) is 26.1. The monoisotopic (exact) mass is 415 g/mol. The van der Waals surface area contributed by atoms with Gasteiger partial charge in [0.25, 0.3) is 5.91 Å². The molecule has 0 spiro atoms.